The van der Waals surface area contributed by atoms with Gasteiger partial charge in [-0.15, -0.1) is 0 Å². The van der Waals surface area contributed by atoms with Crippen LogP contribution in [0.4, 0.5) is 0 Å². The Bertz CT molecular complexity index is 892. The van der Waals surface area contributed by atoms with E-state index < -0.39 is 0 Å². The molecule has 1 nitrogen and oxygen atoms in total. The fraction of sp³-hybridized carbons (Fsp3) is 0.158. The number of hydrogen-bond acceptors (Lipinski definition) is 1. The van der Waals surface area contributed by atoms with E-state index in [0.717, 1.165) is 6.61 Å². The smallest absolute Gasteiger partial charge is 0.0722 e. The second-order valence-electron chi connectivity index (χ2n) is 5.22. The van der Waals surface area contributed by atoms with Crippen molar-refractivity contribution in [1.82, 2.24) is 0 Å². The highest BCUT2D eigenvalue weighted by Gasteiger charge is 2.11. The van der Waals surface area contributed by atoms with Crippen LogP contribution in [0.5, 0.6) is 0 Å². The Labute approximate surface area is 118 Å². The molecule has 4 rings (SSSR count). The molecule has 0 amide bonds. The first kappa shape index (κ1) is 11.7. The molecular formula is C19H16O. The molecule has 0 heterocycles. The fourth-order valence-electron chi connectivity index (χ4n) is 3.17. The third-order valence-corrected chi connectivity index (χ3v) is 4.06. The third kappa shape index (κ3) is 1.60. The summed E-state index contributed by atoms with van der Waals surface area (Å²) in [6, 6.07) is 19.8. The summed E-state index contributed by atoms with van der Waals surface area (Å²) >= 11 is 0. The Hall–Kier alpha value is -2.12. The second-order valence-corrected chi connectivity index (χ2v) is 5.22. The van der Waals surface area contributed by atoms with E-state index in [1.54, 1.807) is 0 Å². The maximum Gasteiger partial charge on any atom is 0.0722 e. The quantitative estimate of drug-likeness (QED) is 0.464. The van der Waals surface area contributed by atoms with Gasteiger partial charge >= 0.3 is 0 Å². The number of ether oxygens (including phenoxy) is 1. The van der Waals surface area contributed by atoms with Crippen LogP contribution in [0.25, 0.3) is 32.3 Å². The summed E-state index contributed by atoms with van der Waals surface area (Å²) in [5.74, 6) is 0. The van der Waals surface area contributed by atoms with Crippen LogP contribution in [0.15, 0.2) is 54.6 Å². The van der Waals surface area contributed by atoms with E-state index in [-0.39, 0.29) is 0 Å². The van der Waals surface area contributed by atoms with Crippen LogP contribution in [-0.2, 0) is 11.3 Å². The van der Waals surface area contributed by atoms with E-state index in [1.165, 1.54) is 37.9 Å². The molecule has 0 aliphatic rings. The molecule has 0 saturated carbocycles. The van der Waals surface area contributed by atoms with E-state index in [9.17, 15) is 0 Å². The van der Waals surface area contributed by atoms with Gasteiger partial charge in [0.15, 0.2) is 0 Å². The van der Waals surface area contributed by atoms with Crippen molar-refractivity contribution >= 4 is 32.3 Å². The summed E-state index contributed by atoms with van der Waals surface area (Å²) in [4.78, 5) is 0. The third-order valence-electron chi connectivity index (χ3n) is 4.06. The summed E-state index contributed by atoms with van der Waals surface area (Å²) < 4.78 is 5.65. The molecule has 98 valence electrons. The molecule has 0 unspecified atom stereocenters. The zero-order chi connectivity index (χ0) is 13.5. The van der Waals surface area contributed by atoms with Crippen LogP contribution < -0.4 is 0 Å². The number of benzene rings is 4. The highest BCUT2D eigenvalue weighted by Crippen LogP contribution is 2.36. The van der Waals surface area contributed by atoms with Crippen LogP contribution in [0, 0.1) is 0 Å². The largest absolute Gasteiger partial charge is 0.377 e. The fourth-order valence-corrected chi connectivity index (χ4v) is 3.17. The van der Waals surface area contributed by atoms with Gasteiger partial charge in [0.25, 0.3) is 0 Å². The Kier molecular flexibility index (Phi) is 2.61. The minimum atomic E-state index is 0.681. The molecule has 0 N–H and O–H groups in total. The predicted molar refractivity (Wildman–Crippen MR) is 85.5 cm³/mol. The molecule has 0 aromatic heterocycles. The average Bonchev–Trinajstić information content (AvgIpc) is 2.51. The Morgan fingerprint density at radius 2 is 1.50 bits per heavy atom. The van der Waals surface area contributed by atoms with Crippen molar-refractivity contribution in [2.45, 2.75) is 13.5 Å². The van der Waals surface area contributed by atoms with Gasteiger partial charge in [-0.2, -0.15) is 0 Å². The lowest BCUT2D eigenvalue weighted by molar-refractivity contribution is 0.135. The lowest BCUT2D eigenvalue weighted by Crippen LogP contribution is -1.95. The SMILES string of the molecule is CCOCc1cc2cccc3ccc4cccc1c4c32. The molecule has 0 aliphatic heterocycles. The van der Waals surface area contributed by atoms with Crippen LogP contribution in [0.3, 0.4) is 0 Å². The summed E-state index contributed by atoms with van der Waals surface area (Å²) in [6.07, 6.45) is 0. The molecule has 0 spiro atoms. The van der Waals surface area contributed by atoms with Gasteiger partial charge in [-0.25, -0.2) is 0 Å². The van der Waals surface area contributed by atoms with Crippen molar-refractivity contribution in [3.8, 4) is 0 Å². The van der Waals surface area contributed by atoms with Crippen LogP contribution in [0.1, 0.15) is 12.5 Å². The molecule has 0 aliphatic carbocycles. The molecule has 0 bridgehead atoms. The van der Waals surface area contributed by atoms with E-state index in [4.69, 9.17) is 4.74 Å². The number of hydrogen-bond donors (Lipinski definition) is 0. The highest BCUT2D eigenvalue weighted by molar-refractivity contribution is 6.23. The minimum absolute atomic E-state index is 0.681. The normalized spacial score (nSPS) is 11.8. The topological polar surface area (TPSA) is 9.23 Å². The van der Waals surface area contributed by atoms with E-state index in [2.05, 4.69) is 54.6 Å². The van der Waals surface area contributed by atoms with Crippen molar-refractivity contribution in [1.29, 1.82) is 0 Å². The van der Waals surface area contributed by atoms with Crippen molar-refractivity contribution in [2.75, 3.05) is 6.61 Å². The maximum atomic E-state index is 5.65. The molecule has 4 aromatic rings. The van der Waals surface area contributed by atoms with Gasteiger partial charge in [-0.1, -0.05) is 48.5 Å². The van der Waals surface area contributed by atoms with Gasteiger partial charge in [-0.05, 0) is 50.9 Å². The zero-order valence-corrected chi connectivity index (χ0v) is 11.5. The second kappa shape index (κ2) is 4.46. The van der Waals surface area contributed by atoms with Crippen molar-refractivity contribution in [2.24, 2.45) is 0 Å². The summed E-state index contributed by atoms with van der Waals surface area (Å²) in [5, 5.41) is 8.00. The van der Waals surface area contributed by atoms with Crippen molar-refractivity contribution in [3.05, 3.63) is 60.2 Å². The molecule has 20 heavy (non-hydrogen) atoms. The van der Waals surface area contributed by atoms with E-state index in [1.807, 2.05) is 6.92 Å². The average molecular weight is 260 g/mol. The van der Waals surface area contributed by atoms with Crippen LogP contribution >= 0.6 is 0 Å². The van der Waals surface area contributed by atoms with Gasteiger partial charge in [0.2, 0.25) is 0 Å². The number of rotatable bonds is 3. The van der Waals surface area contributed by atoms with Crippen molar-refractivity contribution in [3.63, 3.8) is 0 Å². The van der Waals surface area contributed by atoms with Crippen molar-refractivity contribution < 1.29 is 4.74 Å². The summed E-state index contributed by atoms with van der Waals surface area (Å²) in [7, 11) is 0. The van der Waals surface area contributed by atoms with Gasteiger partial charge < -0.3 is 4.74 Å². The molecule has 4 aromatic carbocycles. The minimum Gasteiger partial charge on any atom is -0.377 e. The zero-order valence-electron chi connectivity index (χ0n) is 11.5. The Morgan fingerprint density at radius 1 is 0.800 bits per heavy atom. The van der Waals surface area contributed by atoms with Gasteiger partial charge in [-0.3, -0.25) is 0 Å². The Morgan fingerprint density at radius 3 is 2.30 bits per heavy atom. The van der Waals surface area contributed by atoms with Gasteiger partial charge in [0, 0.05) is 6.61 Å². The molecule has 0 saturated heterocycles. The monoisotopic (exact) mass is 260 g/mol. The van der Waals surface area contributed by atoms with Crippen LogP contribution in [0.2, 0.25) is 0 Å². The van der Waals surface area contributed by atoms with E-state index >= 15 is 0 Å². The summed E-state index contributed by atoms with van der Waals surface area (Å²) in [6.45, 7) is 3.47. The first-order valence-electron chi connectivity index (χ1n) is 7.11. The molecular weight excluding hydrogens is 244 g/mol. The first-order valence-corrected chi connectivity index (χ1v) is 7.11. The van der Waals surface area contributed by atoms with Gasteiger partial charge in [0.05, 0.1) is 6.61 Å². The highest BCUT2D eigenvalue weighted by atomic mass is 16.5. The maximum absolute atomic E-state index is 5.65. The lowest BCUT2D eigenvalue weighted by atomic mass is 9.91. The van der Waals surface area contributed by atoms with Gasteiger partial charge in [0.1, 0.15) is 0 Å². The van der Waals surface area contributed by atoms with Crippen LogP contribution in [-0.4, -0.2) is 6.61 Å². The first-order chi connectivity index (χ1) is 9.88. The lowest BCUT2D eigenvalue weighted by Gasteiger charge is -2.14. The summed E-state index contributed by atoms with van der Waals surface area (Å²) in [5.41, 5.74) is 1.28. The standard InChI is InChI=1S/C19H16O/c1-2-20-12-16-11-15-7-3-5-13-9-10-14-6-4-8-17(16)19(14)18(13)15/h3-11H,2,12H2,1H3. The molecule has 0 atom stereocenters. The van der Waals surface area contributed by atoms with E-state index in [0.29, 0.717) is 6.61 Å². The molecule has 1 heteroatoms. The molecule has 0 radical (unpaired) electrons. The Balaban J connectivity index is 2.18. The molecule has 0 fully saturated rings. The predicted octanol–water partition coefficient (Wildman–Crippen LogP) is 5.12.